The number of hydrogen-bond donors (Lipinski definition) is 0. The van der Waals surface area contributed by atoms with E-state index in [1.807, 2.05) is 6.92 Å². The lowest BCUT2D eigenvalue weighted by molar-refractivity contribution is 0.0776. The molecule has 1 fully saturated rings. The van der Waals surface area contributed by atoms with E-state index in [4.69, 9.17) is 20.8 Å². The lowest BCUT2D eigenvalue weighted by atomic mass is 10.2. The molecule has 0 radical (unpaired) electrons. The summed E-state index contributed by atoms with van der Waals surface area (Å²) < 4.78 is 10.2. The Bertz CT molecular complexity index is 370. The van der Waals surface area contributed by atoms with Crippen LogP contribution in [0.5, 0.6) is 0 Å². The number of halogens is 1. The second-order valence-corrected chi connectivity index (χ2v) is 4.28. The first kappa shape index (κ1) is 10.6. The van der Waals surface area contributed by atoms with E-state index in [9.17, 15) is 4.79 Å². The molecule has 0 N–H and O–H groups in total. The summed E-state index contributed by atoms with van der Waals surface area (Å²) in [6.45, 7) is 2.37. The summed E-state index contributed by atoms with van der Waals surface area (Å²) in [7, 11) is 0. The van der Waals surface area contributed by atoms with Gasteiger partial charge in [-0.15, -0.1) is 11.6 Å². The van der Waals surface area contributed by atoms with Crippen molar-refractivity contribution in [3.05, 3.63) is 17.8 Å². The van der Waals surface area contributed by atoms with Crippen LogP contribution < -0.4 is 0 Å². The van der Waals surface area contributed by atoms with Gasteiger partial charge in [0.1, 0.15) is 11.5 Å². The molecule has 0 aliphatic heterocycles. The molecule has 82 valence electrons. The summed E-state index contributed by atoms with van der Waals surface area (Å²) in [5.74, 6) is 0.321. The van der Waals surface area contributed by atoms with E-state index in [2.05, 4.69) is 4.98 Å². The van der Waals surface area contributed by atoms with Crippen LogP contribution in [0.4, 0.5) is 0 Å². The molecule has 1 saturated carbocycles. The molecule has 5 heteroatoms. The normalized spacial score (nSPS) is 17.7. The summed E-state index contributed by atoms with van der Waals surface area (Å²) >= 11 is 6.17. The monoisotopic (exact) mass is 229 g/mol. The Morgan fingerprint density at radius 3 is 3.07 bits per heavy atom. The van der Waals surface area contributed by atoms with Crippen molar-refractivity contribution in [2.24, 2.45) is 0 Å². The van der Waals surface area contributed by atoms with Crippen LogP contribution in [0.1, 0.15) is 36.0 Å². The average Bonchev–Trinajstić information content (AvgIpc) is 2.81. The number of aromatic nitrogens is 1. The highest BCUT2D eigenvalue weighted by Crippen LogP contribution is 2.52. The van der Waals surface area contributed by atoms with Gasteiger partial charge in [-0.3, -0.25) is 4.79 Å². The first-order valence-electron chi connectivity index (χ1n) is 4.91. The fourth-order valence-corrected chi connectivity index (χ4v) is 1.59. The number of Topliss-reactive ketones (excluding diaryl/α,β-unsaturated/α-hetero) is 1. The second-order valence-electron chi connectivity index (χ2n) is 3.56. The van der Waals surface area contributed by atoms with Gasteiger partial charge >= 0.3 is 0 Å². The highest BCUT2D eigenvalue weighted by Gasteiger charge is 2.48. The highest BCUT2D eigenvalue weighted by atomic mass is 35.5. The first-order valence-corrected chi connectivity index (χ1v) is 5.29. The molecule has 0 spiro atoms. The molecule has 1 heterocycles. The predicted octanol–water partition coefficient (Wildman–Crippen LogP) is 2.12. The maximum atomic E-state index is 11.7. The van der Waals surface area contributed by atoms with E-state index in [1.165, 1.54) is 6.39 Å². The highest BCUT2D eigenvalue weighted by molar-refractivity contribution is 6.26. The Morgan fingerprint density at radius 1 is 1.73 bits per heavy atom. The number of oxazole rings is 1. The maximum Gasteiger partial charge on any atom is 0.210 e. The Balaban J connectivity index is 2.14. The van der Waals surface area contributed by atoms with E-state index in [0.717, 1.165) is 12.8 Å². The number of hydrogen-bond acceptors (Lipinski definition) is 4. The molecule has 0 unspecified atom stereocenters. The molecule has 2 rings (SSSR count). The van der Waals surface area contributed by atoms with E-state index in [0.29, 0.717) is 18.1 Å². The van der Waals surface area contributed by atoms with Gasteiger partial charge < -0.3 is 9.15 Å². The maximum absolute atomic E-state index is 11.7. The van der Waals surface area contributed by atoms with E-state index in [-0.39, 0.29) is 12.4 Å². The molecule has 0 saturated heterocycles. The van der Waals surface area contributed by atoms with Crippen molar-refractivity contribution in [1.82, 2.24) is 4.98 Å². The van der Waals surface area contributed by atoms with E-state index in [1.54, 1.807) is 0 Å². The standard InChI is InChI=1S/C10H12ClNO3/c1-2-14-5-7(13)8-9(15-6-12-8)10(11)3-4-10/h6H,2-5H2,1H3. The Kier molecular flexibility index (Phi) is 2.80. The van der Waals surface area contributed by atoms with Crippen molar-refractivity contribution in [2.45, 2.75) is 24.6 Å². The number of rotatable bonds is 5. The van der Waals surface area contributed by atoms with Gasteiger partial charge in [0.15, 0.2) is 17.8 Å². The summed E-state index contributed by atoms with van der Waals surface area (Å²) in [6.07, 6.45) is 2.92. The number of nitrogens with zero attached hydrogens (tertiary/aromatic N) is 1. The predicted molar refractivity (Wildman–Crippen MR) is 54.1 cm³/mol. The molecule has 4 nitrogen and oxygen atoms in total. The Labute approximate surface area is 92.6 Å². The zero-order chi connectivity index (χ0) is 10.9. The van der Waals surface area contributed by atoms with Gasteiger partial charge in [-0.2, -0.15) is 0 Å². The van der Waals surface area contributed by atoms with Crippen LogP contribution in [0.25, 0.3) is 0 Å². The third-order valence-electron chi connectivity index (χ3n) is 2.36. The number of ketones is 1. The van der Waals surface area contributed by atoms with Gasteiger partial charge in [0.05, 0.1) is 0 Å². The quantitative estimate of drug-likeness (QED) is 0.573. The SMILES string of the molecule is CCOCC(=O)c1ncoc1C1(Cl)CC1. The zero-order valence-electron chi connectivity index (χ0n) is 8.46. The third-order valence-corrected chi connectivity index (χ3v) is 2.91. The third kappa shape index (κ3) is 2.06. The van der Waals surface area contributed by atoms with E-state index >= 15 is 0 Å². The van der Waals surface area contributed by atoms with Crippen molar-refractivity contribution in [2.75, 3.05) is 13.2 Å². The summed E-state index contributed by atoms with van der Waals surface area (Å²) in [4.78, 5) is 15.1. The fourth-order valence-electron chi connectivity index (χ4n) is 1.36. The average molecular weight is 230 g/mol. The van der Waals surface area contributed by atoms with Crippen LogP contribution in [0.3, 0.4) is 0 Å². The molecular formula is C10H12ClNO3. The van der Waals surface area contributed by atoms with Crippen LogP contribution in [0.2, 0.25) is 0 Å². The number of carbonyl (C=O) groups excluding carboxylic acids is 1. The summed E-state index contributed by atoms with van der Waals surface area (Å²) in [5.41, 5.74) is 0.316. The Morgan fingerprint density at radius 2 is 2.47 bits per heavy atom. The van der Waals surface area contributed by atoms with Gasteiger partial charge in [0, 0.05) is 6.61 Å². The number of ether oxygens (including phenoxy) is 1. The van der Waals surface area contributed by atoms with Crippen LogP contribution in [0.15, 0.2) is 10.8 Å². The Hall–Kier alpha value is -0.870. The topological polar surface area (TPSA) is 52.3 Å². The molecular weight excluding hydrogens is 218 g/mol. The minimum atomic E-state index is -0.492. The van der Waals surface area contributed by atoms with Crippen LogP contribution in [-0.4, -0.2) is 24.0 Å². The van der Waals surface area contributed by atoms with Crippen LogP contribution in [0, 0.1) is 0 Å². The minimum absolute atomic E-state index is 0.0308. The van der Waals surface area contributed by atoms with Gasteiger partial charge in [0.25, 0.3) is 0 Å². The molecule has 1 aliphatic carbocycles. The largest absolute Gasteiger partial charge is 0.446 e. The fraction of sp³-hybridized carbons (Fsp3) is 0.600. The molecule has 0 aromatic carbocycles. The van der Waals surface area contributed by atoms with Gasteiger partial charge in [-0.05, 0) is 19.8 Å². The van der Waals surface area contributed by atoms with Crippen LogP contribution in [-0.2, 0) is 9.61 Å². The summed E-state index contributed by atoms with van der Waals surface area (Å²) in [6, 6.07) is 0. The van der Waals surface area contributed by atoms with E-state index < -0.39 is 4.87 Å². The molecule has 1 aliphatic rings. The molecule has 15 heavy (non-hydrogen) atoms. The van der Waals surface area contributed by atoms with Gasteiger partial charge in [-0.25, -0.2) is 4.98 Å². The molecule has 0 bridgehead atoms. The summed E-state index contributed by atoms with van der Waals surface area (Å²) in [5, 5.41) is 0. The number of carbonyl (C=O) groups is 1. The van der Waals surface area contributed by atoms with Gasteiger partial charge in [0.2, 0.25) is 5.78 Å². The molecule has 1 aromatic rings. The second kappa shape index (κ2) is 3.94. The smallest absolute Gasteiger partial charge is 0.210 e. The van der Waals surface area contributed by atoms with Crippen molar-refractivity contribution in [1.29, 1.82) is 0 Å². The zero-order valence-corrected chi connectivity index (χ0v) is 9.21. The van der Waals surface area contributed by atoms with Crippen molar-refractivity contribution < 1.29 is 13.9 Å². The van der Waals surface area contributed by atoms with Crippen molar-refractivity contribution in [3.63, 3.8) is 0 Å². The van der Waals surface area contributed by atoms with Crippen LogP contribution >= 0.6 is 11.6 Å². The number of alkyl halides is 1. The molecule has 0 amide bonds. The van der Waals surface area contributed by atoms with Crippen molar-refractivity contribution in [3.8, 4) is 0 Å². The molecule has 1 aromatic heterocycles. The lowest BCUT2D eigenvalue weighted by Crippen LogP contribution is -2.13. The van der Waals surface area contributed by atoms with Gasteiger partial charge in [-0.1, -0.05) is 0 Å². The molecule has 0 atom stereocenters. The first-order chi connectivity index (χ1) is 7.17. The lowest BCUT2D eigenvalue weighted by Gasteiger charge is -2.04. The minimum Gasteiger partial charge on any atom is -0.446 e. The van der Waals surface area contributed by atoms with Crippen molar-refractivity contribution >= 4 is 17.4 Å².